The second-order valence-corrected chi connectivity index (χ2v) is 3.27. The van der Waals surface area contributed by atoms with E-state index in [4.69, 9.17) is 5.21 Å². The van der Waals surface area contributed by atoms with Crippen molar-refractivity contribution >= 4 is 5.91 Å². The van der Waals surface area contributed by atoms with Gasteiger partial charge in [-0.1, -0.05) is 30.3 Å². The van der Waals surface area contributed by atoms with Gasteiger partial charge in [0.15, 0.2) is 5.60 Å². The van der Waals surface area contributed by atoms with Crippen molar-refractivity contribution in [3.63, 3.8) is 0 Å². The molecule has 1 aromatic carbocycles. The highest BCUT2D eigenvalue weighted by Crippen LogP contribution is 2.21. The zero-order valence-electron chi connectivity index (χ0n) is 8.14. The zero-order chi connectivity index (χ0) is 10.8. The molecule has 0 saturated heterocycles. The Morgan fingerprint density at radius 1 is 1.36 bits per heavy atom. The molecule has 2 N–H and O–H groups in total. The molecule has 14 heavy (non-hydrogen) atoms. The smallest absolute Gasteiger partial charge is 0.281 e. The lowest BCUT2D eigenvalue weighted by atomic mass is 9.95. The van der Waals surface area contributed by atoms with Crippen LogP contribution < -0.4 is 0 Å². The average molecular weight is 195 g/mol. The van der Waals surface area contributed by atoms with Crippen LogP contribution in [0.25, 0.3) is 0 Å². The lowest BCUT2D eigenvalue weighted by Crippen LogP contribution is -2.41. The van der Waals surface area contributed by atoms with Gasteiger partial charge in [-0.3, -0.25) is 10.0 Å². The second kappa shape index (κ2) is 3.77. The number of hydrogen-bond acceptors (Lipinski definition) is 3. The Kier molecular flexibility index (Phi) is 2.88. The lowest BCUT2D eigenvalue weighted by molar-refractivity contribution is -0.179. The number of aliphatic hydroxyl groups is 1. The fourth-order valence-corrected chi connectivity index (χ4v) is 1.20. The van der Waals surface area contributed by atoms with Crippen LogP contribution in [0, 0.1) is 0 Å². The molecule has 0 aromatic heterocycles. The van der Waals surface area contributed by atoms with Gasteiger partial charge in [-0.25, -0.2) is 5.06 Å². The topological polar surface area (TPSA) is 60.8 Å². The molecule has 0 spiro atoms. The number of carbonyl (C=O) groups excluding carboxylic acids is 1. The van der Waals surface area contributed by atoms with Crippen molar-refractivity contribution in [2.45, 2.75) is 12.5 Å². The summed E-state index contributed by atoms with van der Waals surface area (Å²) in [6, 6.07) is 8.47. The van der Waals surface area contributed by atoms with E-state index in [1.807, 2.05) is 0 Å². The number of likely N-dealkylation sites (N-methyl/N-ethyl adjacent to an activating group) is 1. The number of amides is 1. The van der Waals surface area contributed by atoms with Crippen LogP contribution in [0.15, 0.2) is 30.3 Å². The molecule has 1 unspecified atom stereocenters. The quantitative estimate of drug-likeness (QED) is 0.540. The number of rotatable bonds is 2. The molecular formula is C10H13NO3. The van der Waals surface area contributed by atoms with Crippen LogP contribution in [0.3, 0.4) is 0 Å². The molecule has 0 saturated carbocycles. The van der Waals surface area contributed by atoms with E-state index in [1.165, 1.54) is 14.0 Å². The van der Waals surface area contributed by atoms with E-state index in [0.717, 1.165) is 0 Å². The summed E-state index contributed by atoms with van der Waals surface area (Å²) >= 11 is 0. The molecule has 0 radical (unpaired) electrons. The summed E-state index contributed by atoms with van der Waals surface area (Å²) in [5, 5.41) is 19.2. The fourth-order valence-electron chi connectivity index (χ4n) is 1.20. The monoisotopic (exact) mass is 195 g/mol. The van der Waals surface area contributed by atoms with Gasteiger partial charge in [0.1, 0.15) is 0 Å². The third-order valence-corrected chi connectivity index (χ3v) is 2.05. The maximum Gasteiger partial charge on any atom is 0.281 e. The Labute approximate surface area is 82.4 Å². The van der Waals surface area contributed by atoms with Gasteiger partial charge in [0.2, 0.25) is 0 Å². The molecule has 0 aliphatic rings. The molecule has 1 atom stereocenters. The van der Waals surface area contributed by atoms with Crippen LogP contribution in [0.4, 0.5) is 0 Å². The van der Waals surface area contributed by atoms with Crippen LogP contribution in [0.1, 0.15) is 12.5 Å². The average Bonchev–Trinajstić information content (AvgIpc) is 2.18. The minimum absolute atomic E-state index is 0.382. The summed E-state index contributed by atoms with van der Waals surface area (Å²) < 4.78 is 0. The first-order valence-corrected chi connectivity index (χ1v) is 4.21. The predicted octanol–water partition coefficient (Wildman–Crippen LogP) is 0.742. The standard InChI is InChI=1S/C10H13NO3/c1-10(13,9(12)11(2)14)8-6-4-3-5-7-8/h3-7,13-14H,1-2H3. The van der Waals surface area contributed by atoms with Crippen molar-refractivity contribution in [1.29, 1.82) is 0 Å². The highest BCUT2D eigenvalue weighted by molar-refractivity contribution is 5.84. The zero-order valence-corrected chi connectivity index (χ0v) is 8.14. The first-order chi connectivity index (χ1) is 6.46. The van der Waals surface area contributed by atoms with E-state index in [-0.39, 0.29) is 0 Å². The van der Waals surface area contributed by atoms with Gasteiger partial charge >= 0.3 is 0 Å². The first-order valence-electron chi connectivity index (χ1n) is 4.21. The predicted molar refractivity (Wildman–Crippen MR) is 50.6 cm³/mol. The Morgan fingerprint density at radius 2 is 1.86 bits per heavy atom. The molecule has 0 aliphatic heterocycles. The number of carbonyl (C=O) groups is 1. The third-order valence-electron chi connectivity index (χ3n) is 2.05. The molecule has 76 valence electrons. The van der Waals surface area contributed by atoms with Gasteiger partial charge in [-0.05, 0) is 12.5 Å². The van der Waals surface area contributed by atoms with Crippen molar-refractivity contribution in [1.82, 2.24) is 5.06 Å². The molecule has 1 aromatic rings. The second-order valence-electron chi connectivity index (χ2n) is 3.27. The van der Waals surface area contributed by atoms with Gasteiger partial charge < -0.3 is 5.11 Å². The number of hydrogen-bond donors (Lipinski definition) is 2. The minimum atomic E-state index is -1.69. The molecule has 0 fully saturated rings. The van der Waals surface area contributed by atoms with E-state index < -0.39 is 11.5 Å². The van der Waals surface area contributed by atoms with Crippen molar-refractivity contribution in [2.75, 3.05) is 7.05 Å². The summed E-state index contributed by atoms with van der Waals surface area (Å²) in [7, 11) is 1.18. The van der Waals surface area contributed by atoms with E-state index >= 15 is 0 Å². The van der Waals surface area contributed by atoms with Crippen LogP contribution in [-0.4, -0.2) is 28.3 Å². The minimum Gasteiger partial charge on any atom is -0.375 e. The summed E-state index contributed by atoms with van der Waals surface area (Å²) in [5.74, 6) is -0.760. The molecular weight excluding hydrogens is 182 g/mol. The van der Waals surface area contributed by atoms with Crippen LogP contribution in [0.2, 0.25) is 0 Å². The molecule has 4 heteroatoms. The van der Waals surface area contributed by atoms with Crippen LogP contribution in [0.5, 0.6) is 0 Å². The highest BCUT2D eigenvalue weighted by atomic mass is 16.5. The summed E-state index contributed by atoms with van der Waals surface area (Å²) in [6.45, 7) is 1.34. The normalized spacial score (nSPS) is 14.6. The van der Waals surface area contributed by atoms with Gasteiger partial charge in [-0.15, -0.1) is 0 Å². The highest BCUT2D eigenvalue weighted by Gasteiger charge is 2.34. The van der Waals surface area contributed by atoms with E-state index in [1.54, 1.807) is 30.3 Å². The largest absolute Gasteiger partial charge is 0.375 e. The fraction of sp³-hybridized carbons (Fsp3) is 0.300. The van der Waals surface area contributed by atoms with Gasteiger partial charge in [-0.2, -0.15) is 0 Å². The van der Waals surface area contributed by atoms with E-state index in [9.17, 15) is 9.90 Å². The number of hydroxylamine groups is 2. The van der Waals surface area contributed by atoms with Gasteiger partial charge in [0.25, 0.3) is 5.91 Å². The maximum absolute atomic E-state index is 11.4. The van der Waals surface area contributed by atoms with Crippen molar-refractivity contribution in [3.8, 4) is 0 Å². The van der Waals surface area contributed by atoms with Crippen molar-refractivity contribution in [3.05, 3.63) is 35.9 Å². The van der Waals surface area contributed by atoms with Crippen LogP contribution in [-0.2, 0) is 10.4 Å². The Bertz CT molecular complexity index is 319. The SMILES string of the molecule is CN(O)C(=O)C(C)(O)c1ccccc1. The molecule has 4 nitrogen and oxygen atoms in total. The van der Waals surface area contributed by atoms with Gasteiger partial charge in [0, 0.05) is 7.05 Å². The number of benzene rings is 1. The summed E-state index contributed by atoms with van der Waals surface area (Å²) in [5.41, 5.74) is -1.24. The summed E-state index contributed by atoms with van der Waals surface area (Å²) in [6.07, 6.45) is 0. The maximum atomic E-state index is 11.4. The van der Waals surface area contributed by atoms with E-state index in [2.05, 4.69) is 0 Å². The Morgan fingerprint density at radius 3 is 2.29 bits per heavy atom. The van der Waals surface area contributed by atoms with E-state index in [0.29, 0.717) is 10.6 Å². The Hall–Kier alpha value is -1.39. The lowest BCUT2D eigenvalue weighted by Gasteiger charge is -2.24. The third kappa shape index (κ3) is 1.92. The first kappa shape index (κ1) is 10.7. The molecule has 0 heterocycles. The van der Waals surface area contributed by atoms with Crippen LogP contribution >= 0.6 is 0 Å². The number of nitrogens with zero attached hydrogens (tertiary/aromatic N) is 1. The Balaban J connectivity index is 3.02. The van der Waals surface area contributed by atoms with Crippen molar-refractivity contribution in [2.24, 2.45) is 0 Å². The summed E-state index contributed by atoms with van der Waals surface area (Å²) in [4.78, 5) is 11.4. The molecule has 1 amide bonds. The van der Waals surface area contributed by atoms with Crippen molar-refractivity contribution < 1.29 is 15.1 Å². The van der Waals surface area contributed by atoms with Gasteiger partial charge in [0.05, 0.1) is 0 Å². The molecule has 1 rings (SSSR count). The molecule has 0 aliphatic carbocycles. The molecule has 0 bridgehead atoms.